The van der Waals surface area contributed by atoms with E-state index in [1.54, 1.807) is 0 Å². The molecule has 0 saturated carbocycles. The van der Waals surface area contributed by atoms with Crippen molar-refractivity contribution in [2.24, 2.45) is 0 Å². The van der Waals surface area contributed by atoms with Gasteiger partial charge < -0.3 is 10.4 Å². The predicted octanol–water partition coefficient (Wildman–Crippen LogP) is 8.48. The number of hydrogen-bond donors (Lipinski definition) is 2. The number of aliphatic hydroxyl groups is 1. The standard InChI is InChI=1S/C33H51NO/c1-3-5-7-9-11-13-16-28-19-23-30(24-20-28)33(35,32-18-15-27-34-32)31-25-21-29(22-26-31)17-14-12-10-8-6-4-2/h19-26,32,34-35H,3-18,27H2,1-2H3/t32-/m0/s1. The average Bonchev–Trinajstić information content (AvgIpc) is 3.44. The number of benzene rings is 2. The summed E-state index contributed by atoms with van der Waals surface area (Å²) in [7, 11) is 0. The summed E-state index contributed by atoms with van der Waals surface area (Å²) in [4.78, 5) is 0. The summed E-state index contributed by atoms with van der Waals surface area (Å²) >= 11 is 0. The molecule has 0 bridgehead atoms. The van der Waals surface area contributed by atoms with Gasteiger partial charge in [-0.3, -0.25) is 0 Å². The van der Waals surface area contributed by atoms with Gasteiger partial charge in [0.1, 0.15) is 5.60 Å². The minimum absolute atomic E-state index is 0.0660. The third kappa shape index (κ3) is 8.46. The van der Waals surface area contributed by atoms with Gasteiger partial charge in [-0.25, -0.2) is 0 Å². The number of aryl methyl sites for hydroxylation is 2. The molecule has 2 N–H and O–H groups in total. The highest BCUT2D eigenvalue weighted by molar-refractivity contribution is 5.41. The first-order valence-electron chi connectivity index (χ1n) is 14.8. The van der Waals surface area contributed by atoms with Crippen LogP contribution in [-0.4, -0.2) is 17.7 Å². The molecule has 194 valence electrons. The van der Waals surface area contributed by atoms with E-state index in [4.69, 9.17) is 0 Å². The Kier molecular flexibility index (Phi) is 12.3. The second-order valence-corrected chi connectivity index (χ2v) is 10.8. The molecule has 1 saturated heterocycles. The monoisotopic (exact) mass is 477 g/mol. The van der Waals surface area contributed by atoms with Crippen LogP contribution < -0.4 is 5.32 Å². The van der Waals surface area contributed by atoms with Crippen LogP contribution in [-0.2, 0) is 18.4 Å². The minimum Gasteiger partial charge on any atom is -0.379 e. The normalized spacial score (nSPS) is 16.1. The van der Waals surface area contributed by atoms with E-state index in [9.17, 15) is 5.11 Å². The first kappa shape index (κ1) is 27.9. The summed E-state index contributed by atoms with van der Waals surface area (Å²) in [5.41, 5.74) is 3.84. The highest BCUT2D eigenvalue weighted by Crippen LogP contribution is 2.37. The molecule has 3 rings (SSSR count). The Morgan fingerprint density at radius 1 is 0.657 bits per heavy atom. The van der Waals surface area contributed by atoms with Crippen LogP contribution in [0.4, 0.5) is 0 Å². The van der Waals surface area contributed by atoms with Gasteiger partial charge >= 0.3 is 0 Å². The number of hydrogen-bond acceptors (Lipinski definition) is 2. The molecule has 1 aliphatic heterocycles. The quantitative estimate of drug-likeness (QED) is 0.224. The molecule has 35 heavy (non-hydrogen) atoms. The Balaban J connectivity index is 1.62. The zero-order valence-corrected chi connectivity index (χ0v) is 22.7. The van der Waals surface area contributed by atoms with Gasteiger partial charge in [0.25, 0.3) is 0 Å². The van der Waals surface area contributed by atoms with Gasteiger partial charge in [0.15, 0.2) is 0 Å². The third-order valence-electron chi connectivity index (χ3n) is 7.99. The molecule has 0 amide bonds. The lowest BCUT2D eigenvalue weighted by Crippen LogP contribution is -2.46. The van der Waals surface area contributed by atoms with Crippen molar-refractivity contribution < 1.29 is 5.11 Å². The van der Waals surface area contributed by atoms with Crippen molar-refractivity contribution in [2.75, 3.05) is 6.54 Å². The van der Waals surface area contributed by atoms with E-state index in [0.717, 1.165) is 43.4 Å². The number of nitrogens with one attached hydrogen (secondary N) is 1. The van der Waals surface area contributed by atoms with Crippen LogP contribution in [0.1, 0.15) is 126 Å². The number of rotatable bonds is 17. The van der Waals surface area contributed by atoms with Gasteiger partial charge in [-0.2, -0.15) is 0 Å². The van der Waals surface area contributed by atoms with Crippen molar-refractivity contribution in [1.82, 2.24) is 5.32 Å². The van der Waals surface area contributed by atoms with Crippen molar-refractivity contribution in [3.63, 3.8) is 0 Å². The third-order valence-corrected chi connectivity index (χ3v) is 7.99. The molecule has 0 aromatic heterocycles. The van der Waals surface area contributed by atoms with E-state index in [-0.39, 0.29) is 6.04 Å². The van der Waals surface area contributed by atoms with Crippen molar-refractivity contribution in [3.8, 4) is 0 Å². The summed E-state index contributed by atoms with van der Waals surface area (Å²) in [6.07, 6.45) is 20.4. The van der Waals surface area contributed by atoms with Crippen LogP contribution >= 0.6 is 0 Å². The fraction of sp³-hybridized carbons (Fsp3) is 0.636. The highest BCUT2D eigenvalue weighted by Gasteiger charge is 2.41. The predicted molar refractivity (Wildman–Crippen MR) is 151 cm³/mol. The van der Waals surface area contributed by atoms with Crippen LogP contribution in [0.15, 0.2) is 48.5 Å². The fourth-order valence-corrected chi connectivity index (χ4v) is 5.68. The largest absolute Gasteiger partial charge is 0.379 e. The van der Waals surface area contributed by atoms with Gasteiger partial charge in [-0.15, -0.1) is 0 Å². The molecule has 0 unspecified atom stereocenters. The summed E-state index contributed by atoms with van der Waals surface area (Å²) in [6.45, 7) is 5.53. The van der Waals surface area contributed by atoms with Gasteiger partial charge in [0.05, 0.1) is 0 Å². The molecule has 0 aliphatic carbocycles. The topological polar surface area (TPSA) is 32.3 Å². The summed E-state index contributed by atoms with van der Waals surface area (Å²) < 4.78 is 0. The minimum atomic E-state index is -0.978. The molecule has 0 spiro atoms. The first-order chi connectivity index (χ1) is 17.2. The molecule has 1 aliphatic rings. The summed E-state index contributed by atoms with van der Waals surface area (Å²) in [5.74, 6) is 0. The molecule has 2 nitrogen and oxygen atoms in total. The molecule has 1 atom stereocenters. The SMILES string of the molecule is CCCCCCCCc1ccc(C(O)(c2ccc(CCCCCCCC)cc2)[C@@H]2CCCN2)cc1. The van der Waals surface area contributed by atoms with Gasteiger partial charge in [-0.1, -0.05) is 127 Å². The second-order valence-electron chi connectivity index (χ2n) is 10.8. The molecule has 2 aromatic carbocycles. The Hall–Kier alpha value is -1.64. The molecule has 1 heterocycles. The fourth-order valence-electron chi connectivity index (χ4n) is 5.68. The Morgan fingerprint density at radius 2 is 1.09 bits per heavy atom. The maximum Gasteiger partial charge on any atom is 0.130 e. The maximum absolute atomic E-state index is 12.2. The van der Waals surface area contributed by atoms with E-state index in [2.05, 4.69) is 67.7 Å². The van der Waals surface area contributed by atoms with Crippen LogP contribution in [0.2, 0.25) is 0 Å². The zero-order valence-electron chi connectivity index (χ0n) is 22.7. The van der Waals surface area contributed by atoms with E-state index in [1.807, 2.05) is 0 Å². The number of unbranched alkanes of at least 4 members (excludes halogenated alkanes) is 10. The Morgan fingerprint density at radius 3 is 1.49 bits per heavy atom. The molecule has 1 fully saturated rings. The van der Waals surface area contributed by atoms with Crippen molar-refractivity contribution in [2.45, 2.75) is 128 Å². The van der Waals surface area contributed by atoms with Gasteiger partial charge in [0, 0.05) is 6.04 Å². The highest BCUT2D eigenvalue weighted by atomic mass is 16.3. The smallest absolute Gasteiger partial charge is 0.130 e. The Labute approximate surface area is 215 Å². The van der Waals surface area contributed by atoms with E-state index in [1.165, 1.54) is 88.2 Å². The van der Waals surface area contributed by atoms with Crippen molar-refractivity contribution in [3.05, 3.63) is 70.8 Å². The van der Waals surface area contributed by atoms with Crippen LogP contribution in [0.5, 0.6) is 0 Å². The lowest BCUT2D eigenvalue weighted by atomic mass is 9.79. The van der Waals surface area contributed by atoms with E-state index in [0.29, 0.717) is 0 Å². The lowest BCUT2D eigenvalue weighted by molar-refractivity contribution is 0.0442. The van der Waals surface area contributed by atoms with E-state index >= 15 is 0 Å². The van der Waals surface area contributed by atoms with E-state index < -0.39 is 5.60 Å². The first-order valence-corrected chi connectivity index (χ1v) is 14.8. The Bertz CT molecular complexity index is 744. The maximum atomic E-state index is 12.2. The molecular formula is C33H51NO. The molecule has 2 heteroatoms. The van der Waals surface area contributed by atoms with Gasteiger partial charge in [-0.05, 0) is 67.3 Å². The lowest BCUT2D eigenvalue weighted by Gasteiger charge is -2.35. The molecule has 0 radical (unpaired) electrons. The average molecular weight is 478 g/mol. The summed E-state index contributed by atoms with van der Waals surface area (Å²) in [5, 5.41) is 15.8. The van der Waals surface area contributed by atoms with Crippen molar-refractivity contribution >= 4 is 0 Å². The van der Waals surface area contributed by atoms with Crippen molar-refractivity contribution in [1.29, 1.82) is 0 Å². The van der Waals surface area contributed by atoms with Crippen LogP contribution in [0, 0.1) is 0 Å². The molecular weight excluding hydrogens is 426 g/mol. The second kappa shape index (κ2) is 15.5. The van der Waals surface area contributed by atoms with Crippen LogP contribution in [0.25, 0.3) is 0 Å². The van der Waals surface area contributed by atoms with Crippen LogP contribution in [0.3, 0.4) is 0 Å². The summed E-state index contributed by atoms with van der Waals surface area (Å²) in [6, 6.07) is 17.8. The zero-order chi connectivity index (χ0) is 24.8. The molecule has 2 aromatic rings. The van der Waals surface area contributed by atoms with Gasteiger partial charge in [0.2, 0.25) is 0 Å².